The molecule has 5 aromatic rings. The molecule has 2 aromatic heterocycles. The molecule has 3 aromatic carbocycles. The van der Waals surface area contributed by atoms with Gasteiger partial charge >= 0.3 is 6.09 Å². The summed E-state index contributed by atoms with van der Waals surface area (Å²) in [5.74, 6) is 0.340. The number of H-pyrrole nitrogens is 2. The smallest absolute Gasteiger partial charge is 0.413 e. The maximum atomic E-state index is 12.1. The van der Waals surface area contributed by atoms with Crippen LogP contribution < -0.4 is 10.9 Å². The zero-order valence-corrected chi connectivity index (χ0v) is 18.8. The molecule has 0 aliphatic rings. The Kier molecular flexibility index (Phi) is 5.55. The lowest BCUT2D eigenvalue weighted by Gasteiger charge is -2.10. The number of nitrogens with zero attached hydrogens (tertiary/aromatic N) is 2. The minimum Gasteiger partial charge on any atom is -0.450 e. The van der Waals surface area contributed by atoms with Crippen molar-refractivity contribution in [1.82, 2.24) is 20.2 Å². The number of imidazole rings is 1. The largest absolute Gasteiger partial charge is 0.450 e. The van der Waals surface area contributed by atoms with Gasteiger partial charge in [-0.1, -0.05) is 42.5 Å². The average molecular weight is 454 g/mol. The maximum Gasteiger partial charge on any atom is 0.413 e. The number of carbonyl (C=O) groups is 1. The summed E-state index contributed by atoms with van der Waals surface area (Å²) in [6.07, 6.45) is 0.0403. The van der Waals surface area contributed by atoms with E-state index in [2.05, 4.69) is 50.6 Å². The van der Waals surface area contributed by atoms with Crippen LogP contribution in [0.15, 0.2) is 65.5 Å². The van der Waals surface area contributed by atoms with Crippen LogP contribution >= 0.6 is 0 Å². The highest BCUT2D eigenvalue weighted by atomic mass is 16.5. The van der Waals surface area contributed by atoms with Crippen molar-refractivity contribution < 1.29 is 9.53 Å². The minimum atomic E-state index is -0.547. The van der Waals surface area contributed by atoms with E-state index in [1.807, 2.05) is 42.5 Å². The van der Waals surface area contributed by atoms with E-state index < -0.39 is 6.09 Å². The number of amides is 1. The zero-order valence-electron chi connectivity index (χ0n) is 18.8. The van der Waals surface area contributed by atoms with Gasteiger partial charge < -0.3 is 9.72 Å². The molecule has 0 saturated heterocycles. The van der Waals surface area contributed by atoms with Gasteiger partial charge in [0.2, 0.25) is 5.95 Å². The van der Waals surface area contributed by atoms with Gasteiger partial charge in [0.25, 0.3) is 5.56 Å². The van der Waals surface area contributed by atoms with Gasteiger partial charge in [0.05, 0.1) is 28.7 Å². The molecule has 3 N–H and O–H groups in total. The van der Waals surface area contributed by atoms with Gasteiger partial charge in [-0.15, -0.1) is 0 Å². The highest BCUT2D eigenvalue weighted by Gasteiger charge is 2.12. The van der Waals surface area contributed by atoms with E-state index in [4.69, 9.17) is 4.74 Å². The van der Waals surface area contributed by atoms with Gasteiger partial charge in [-0.05, 0) is 54.3 Å². The van der Waals surface area contributed by atoms with Crippen LogP contribution in [-0.4, -0.2) is 32.9 Å². The summed E-state index contributed by atoms with van der Waals surface area (Å²) in [6.45, 7) is 4.10. The monoisotopic (exact) mass is 453 g/mol. The Hall–Kier alpha value is -4.46. The molecule has 0 atom stereocenters. The first-order valence-electron chi connectivity index (χ1n) is 11.0. The number of hydrogen-bond acceptors (Lipinski definition) is 5. The van der Waals surface area contributed by atoms with Crippen molar-refractivity contribution in [2.75, 3.05) is 11.9 Å². The number of hydrogen-bond donors (Lipinski definition) is 3. The van der Waals surface area contributed by atoms with Crippen LogP contribution in [0.1, 0.15) is 23.7 Å². The zero-order chi connectivity index (χ0) is 23.7. The Labute approximate surface area is 195 Å². The normalized spacial score (nSPS) is 11.1. The molecule has 0 bridgehead atoms. The van der Waals surface area contributed by atoms with E-state index in [9.17, 15) is 9.59 Å². The number of anilines is 1. The third kappa shape index (κ3) is 4.13. The lowest BCUT2D eigenvalue weighted by atomic mass is 9.95. The second-order valence-electron chi connectivity index (χ2n) is 8.03. The molecular weight excluding hydrogens is 430 g/mol. The first kappa shape index (κ1) is 21.4. The Morgan fingerprint density at radius 1 is 1.06 bits per heavy atom. The van der Waals surface area contributed by atoms with Gasteiger partial charge in [0, 0.05) is 11.8 Å². The van der Waals surface area contributed by atoms with Crippen LogP contribution in [0.4, 0.5) is 10.7 Å². The van der Waals surface area contributed by atoms with Crippen molar-refractivity contribution in [1.29, 1.82) is 0 Å². The van der Waals surface area contributed by atoms with Crippen molar-refractivity contribution in [3.63, 3.8) is 0 Å². The maximum absolute atomic E-state index is 12.1. The van der Waals surface area contributed by atoms with E-state index in [1.54, 1.807) is 6.92 Å². The number of aryl methyl sites for hydroxylation is 1. The summed E-state index contributed by atoms with van der Waals surface area (Å²) < 4.78 is 4.91. The van der Waals surface area contributed by atoms with Gasteiger partial charge in [-0.2, -0.15) is 5.10 Å². The van der Waals surface area contributed by atoms with Gasteiger partial charge in [0.1, 0.15) is 0 Å². The van der Waals surface area contributed by atoms with E-state index in [-0.39, 0.29) is 12.2 Å². The lowest BCUT2D eigenvalue weighted by Crippen LogP contribution is -2.14. The van der Waals surface area contributed by atoms with Crippen LogP contribution in [0.25, 0.3) is 32.9 Å². The molecule has 8 nitrogen and oxygen atoms in total. The Bertz CT molecular complexity index is 1590. The van der Waals surface area contributed by atoms with Gasteiger partial charge in [-0.3, -0.25) is 10.1 Å². The first-order valence-corrected chi connectivity index (χ1v) is 11.0. The number of rotatable bonds is 5. The molecule has 0 spiro atoms. The predicted molar refractivity (Wildman–Crippen MR) is 132 cm³/mol. The first-order chi connectivity index (χ1) is 16.5. The lowest BCUT2D eigenvalue weighted by molar-refractivity contribution is 0.167. The second-order valence-corrected chi connectivity index (χ2v) is 8.03. The SMILES string of the molecule is CCOC(=O)Nc1nc2ccc(-c3cc(Cc4n[nH]c(=O)c5ccccc45)ccc3C)cc2[nH]1. The van der Waals surface area contributed by atoms with Crippen LogP contribution in [0.2, 0.25) is 0 Å². The Morgan fingerprint density at radius 2 is 1.88 bits per heavy atom. The summed E-state index contributed by atoms with van der Waals surface area (Å²) >= 11 is 0. The summed E-state index contributed by atoms with van der Waals surface area (Å²) in [4.78, 5) is 31.3. The molecule has 5 rings (SSSR count). The fraction of sp³-hybridized carbons (Fsp3) is 0.154. The van der Waals surface area contributed by atoms with E-state index >= 15 is 0 Å². The molecule has 2 heterocycles. The molecular formula is C26H23N5O3. The van der Waals surface area contributed by atoms with Crippen molar-refractivity contribution in [3.8, 4) is 11.1 Å². The third-order valence-electron chi connectivity index (χ3n) is 5.74. The molecule has 0 aliphatic heterocycles. The topological polar surface area (TPSA) is 113 Å². The molecule has 0 fully saturated rings. The van der Waals surface area contributed by atoms with Crippen LogP contribution in [0, 0.1) is 6.92 Å². The standard InChI is InChI=1S/C26H23N5O3/c1-3-34-26(33)29-25-27-21-11-10-17(14-23(21)28-25)20-12-16(9-8-15(20)2)13-22-18-6-4-5-7-19(18)24(32)31-30-22/h4-12,14H,3,13H2,1-2H3,(H,31,32)(H2,27,28,29,33). The average Bonchev–Trinajstić information content (AvgIpc) is 3.23. The van der Waals surface area contributed by atoms with E-state index in [1.165, 1.54) is 0 Å². The molecule has 0 radical (unpaired) electrons. The van der Waals surface area contributed by atoms with Gasteiger partial charge in [-0.25, -0.2) is 14.9 Å². The molecule has 0 unspecified atom stereocenters. The van der Waals surface area contributed by atoms with Crippen LogP contribution in [0.5, 0.6) is 0 Å². The summed E-state index contributed by atoms with van der Waals surface area (Å²) in [6, 6.07) is 19.8. The number of carbonyl (C=O) groups excluding carboxylic acids is 1. The number of aromatic nitrogens is 4. The third-order valence-corrected chi connectivity index (χ3v) is 5.74. The summed E-state index contributed by atoms with van der Waals surface area (Å²) in [7, 11) is 0. The number of nitrogens with one attached hydrogen (secondary N) is 3. The van der Waals surface area contributed by atoms with Crippen molar-refractivity contribution in [2.45, 2.75) is 20.3 Å². The number of benzene rings is 3. The molecule has 0 aliphatic carbocycles. The molecule has 170 valence electrons. The fourth-order valence-electron chi connectivity index (χ4n) is 4.09. The van der Waals surface area contributed by atoms with Crippen LogP contribution in [0.3, 0.4) is 0 Å². The van der Waals surface area contributed by atoms with E-state index in [0.29, 0.717) is 17.8 Å². The molecule has 8 heteroatoms. The Balaban J connectivity index is 1.48. The molecule has 0 saturated carbocycles. The highest BCUT2D eigenvalue weighted by Crippen LogP contribution is 2.29. The van der Waals surface area contributed by atoms with Gasteiger partial charge in [0.15, 0.2) is 0 Å². The summed E-state index contributed by atoms with van der Waals surface area (Å²) in [5.41, 5.74) is 6.51. The minimum absolute atomic E-state index is 0.186. The quantitative estimate of drug-likeness (QED) is 0.349. The second kappa shape index (κ2) is 8.82. The van der Waals surface area contributed by atoms with Crippen molar-refractivity contribution in [3.05, 3.63) is 87.8 Å². The Morgan fingerprint density at radius 3 is 2.71 bits per heavy atom. The fourth-order valence-corrected chi connectivity index (χ4v) is 4.09. The number of fused-ring (bicyclic) bond motifs is 2. The van der Waals surface area contributed by atoms with E-state index in [0.717, 1.165) is 44.4 Å². The van der Waals surface area contributed by atoms with Crippen LogP contribution in [-0.2, 0) is 11.2 Å². The van der Waals surface area contributed by atoms with Crippen molar-refractivity contribution >= 4 is 33.8 Å². The molecule has 1 amide bonds. The summed E-state index contributed by atoms with van der Waals surface area (Å²) in [5, 5.41) is 11.0. The number of ether oxygens (including phenoxy) is 1. The molecule has 34 heavy (non-hydrogen) atoms. The highest BCUT2D eigenvalue weighted by molar-refractivity contribution is 5.88. The van der Waals surface area contributed by atoms with Crippen molar-refractivity contribution in [2.24, 2.45) is 0 Å². The predicted octanol–water partition coefficient (Wildman–Crippen LogP) is 4.93. The number of aromatic amines is 2.